The lowest BCUT2D eigenvalue weighted by Gasteiger charge is -2.20. The lowest BCUT2D eigenvalue weighted by molar-refractivity contribution is 0.447. The molecular formula is C13H21BrN2. The van der Waals surface area contributed by atoms with Crippen molar-refractivity contribution in [3.8, 4) is 0 Å². The molecule has 0 amide bonds. The van der Waals surface area contributed by atoms with Crippen LogP contribution in [0.3, 0.4) is 0 Å². The summed E-state index contributed by atoms with van der Waals surface area (Å²) in [6, 6.07) is 6.52. The molecule has 90 valence electrons. The van der Waals surface area contributed by atoms with E-state index in [-0.39, 0.29) is 6.04 Å². The van der Waals surface area contributed by atoms with Gasteiger partial charge in [0.1, 0.15) is 0 Å². The maximum atomic E-state index is 5.64. The van der Waals surface area contributed by atoms with Crippen molar-refractivity contribution in [1.29, 1.82) is 0 Å². The van der Waals surface area contributed by atoms with Crippen molar-refractivity contribution in [3.63, 3.8) is 0 Å². The Morgan fingerprint density at radius 2 is 2.00 bits per heavy atom. The molecule has 3 heteroatoms. The van der Waals surface area contributed by atoms with Gasteiger partial charge in [0.15, 0.2) is 0 Å². The van der Waals surface area contributed by atoms with Crippen LogP contribution < -0.4 is 11.3 Å². The van der Waals surface area contributed by atoms with E-state index in [1.807, 2.05) is 0 Å². The zero-order valence-electron chi connectivity index (χ0n) is 10.3. The topological polar surface area (TPSA) is 38.0 Å². The summed E-state index contributed by atoms with van der Waals surface area (Å²) in [5.41, 5.74) is 5.48. The predicted octanol–water partition coefficient (Wildman–Crippen LogP) is 3.70. The Labute approximate surface area is 107 Å². The van der Waals surface area contributed by atoms with Gasteiger partial charge in [0.05, 0.1) is 0 Å². The maximum Gasteiger partial charge on any atom is 0.0463 e. The summed E-state index contributed by atoms with van der Waals surface area (Å²) >= 11 is 3.55. The molecule has 1 rings (SSSR count). The lowest BCUT2D eigenvalue weighted by Crippen LogP contribution is -2.28. The Morgan fingerprint density at radius 1 is 1.31 bits per heavy atom. The van der Waals surface area contributed by atoms with Gasteiger partial charge in [0, 0.05) is 10.5 Å². The number of hydrazine groups is 1. The molecule has 0 saturated carbocycles. The predicted molar refractivity (Wildman–Crippen MR) is 73.0 cm³/mol. The summed E-state index contributed by atoms with van der Waals surface area (Å²) in [6.07, 6.45) is 2.26. The Morgan fingerprint density at radius 3 is 2.56 bits per heavy atom. The first kappa shape index (κ1) is 13.7. The van der Waals surface area contributed by atoms with E-state index < -0.39 is 0 Å². The third kappa shape index (κ3) is 3.58. The second-order valence-electron chi connectivity index (χ2n) is 4.64. The van der Waals surface area contributed by atoms with E-state index in [4.69, 9.17) is 5.84 Å². The van der Waals surface area contributed by atoms with E-state index in [0.717, 1.165) is 10.9 Å². The molecule has 2 nitrogen and oxygen atoms in total. The molecule has 3 N–H and O–H groups in total. The summed E-state index contributed by atoms with van der Waals surface area (Å²) in [7, 11) is 0. The lowest BCUT2D eigenvalue weighted by atomic mass is 9.95. The fourth-order valence-corrected chi connectivity index (χ4v) is 2.21. The molecule has 0 heterocycles. The molecule has 0 bridgehead atoms. The van der Waals surface area contributed by atoms with Crippen molar-refractivity contribution in [2.24, 2.45) is 11.8 Å². The zero-order chi connectivity index (χ0) is 12.1. The van der Waals surface area contributed by atoms with E-state index in [0.29, 0.717) is 5.92 Å². The number of hydrogen-bond acceptors (Lipinski definition) is 2. The Balaban J connectivity index is 2.82. The second-order valence-corrected chi connectivity index (χ2v) is 5.50. The molecule has 0 saturated heterocycles. The van der Waals surface area contributed by atoms with E-state index >= 15 is 0 Å². The van der Waals surface area contributed by atoms with Crippen LogP contribution in [0, 0.1) is 12.8 Å². The van der Waals surface area contributed by atoms with E-state index in [9.17, 15) is 0 Å². The summed E-state index contributed by atoms with van der Waals surface area (Å²) in [4.78, 5) is 0. The second kappa shape index (κ2) is 6.38. The SMILES string of the molecule is Cc1c(Br)cccc1C(CCC(C)C)NN. The molecule has 1 unspecified atom stereocenters. The smallest absolute Gasteiger partial charge is 0.0463 e. The molecule has 16 heavy (non-hydrogen) atoms. The normalized spacial score (nSPS) is 13.1. The molecule has 1 atom stereocenters. The van der Waals surface area contributed by atoms with Crippen LogP contribution in [0.4, 0.5) is 0 Å². The number of halogens is 1. The summed E-state index contributed by atoms with van der Waals surface area (Å²) in [6.45, 7) is 6.60. The molecule has 1 aromatic carbocycles. The fraction of sp³-hybridized carbons (Fsp3) is 0.538. The van der Waals surface area contributed by atoms with Crippen molar-refractivity contribution in [2.45, 2.75) is 39.7 Å². The number of rotatable bonds is 5. The van der Waals surface area contributed by atoms with Crippen molar-refractivity contribution in [1.82, 2.24) is 5.43 Å². The Bertz CT molecular complexity index is 337. The standard InChI is InChI=1S/C13H21BrN2/c1-9(2)7-8-13(16-15)11-5-4-6-12(14)10(11)3/h4-6,9,13,16H,7-8,15H2,1-3H3. The van der Waals surface area contributed by atoms with Crippen LogP contribution in [-0.4, -0.2) is 0 Å². The van der Waals surface area contributed by atoms with Gasteiger partial charge < -0.3 is 0 Å². The number of hydrogen-bond donors (Lipinski definition) is 2. The average Bonchev–Trinajstić information content (AvgIpc) is 2.24. The minimum absolute atomic E-state index is 0.250. The quantitative estimate of drug-likeness (QED) is 0.639. The summed E-state index contributed by atoms with van der Waals surface area (Å²) < 4.78 is 1.15. The first-order chi connectivity index (χ1) is 7.56. The molecular weight excluding hydrogens is 264 g/mol. The van der Waals surface area contributed by atoms with Crippen LogP contribution in [-0.2, 0) is 0 Å². The number of benzene rings is 1. The highest BCUT2D eigenvalue weighted by Crippen LogP contribution is 2.27. The van der Waals surface area contributed by atoms with Gasteiger partial charge in [0.2, 0.25) is 0 Å². The Hall–Kier alpha value is -0.380. The van der Waals surface area contributed by atoms with Crippen LogP contribution in [0.15, 0.2) is 22.7 Å². The minimum atomic E-state index is 0.250. The van der Waals surface area contributed by atoms with E-state index in [2.05, 4.69) is 60.3 Å². The molecule has 0 aliphatic carbocycles. The van der Waals surface area contributed by atoms with E-state index in [1.54, 1.807) is 0 Å². The molecule has 0 aliphatic heterocycles. The van der Waals surface area contributed by atoms with Crippen LogP contribution >= 0.6 is 15.9 Å². The third-order valence-corrected chi connectivity index (χ3v) is 3.78. The molecule has 0 fully saturated rings. The number of nitrogens with two attached hydrogens (primary N) is 1. The van der Waals surface area contributed by atoms with Crippen molar-refractivity contribution in [2.75, 3.05) is 0 Å². The summed E-state index contributed by atoms with van der Waals surface area (Å²) in [5.74, 6) is 6.36. The minimum Gasteiger partial charge on any atom is -0.271 e. The van der Waals surface area contributed by atoms with Gasteiger partial charge in [-0.25, -0.2) is 0 Å². The molecule has 0 spiro atoms. The van der Waals surface area contributed by atoms with Gasteiger partial charge in [-0.3, -0.25) is 11.3 Å². The third-order valence-electron chi connectivity index (χ3n) is 2.92. The Kier molecular flexibility index (Phi) is 5.46. The fourth-order valence-electron chi connectivity index (χ4n) is 1.83. The van der Waals surface area contributed by atoms with Gasteiger partial charge in [-0.2, -0.15) is 0 Å². The largest absolute Gasteiger partial charge is 0.271 e. The van der Waals surface area contributed by atoms with Crippen LogP contribution in [0.1, 0.15) is 43.9 Å². The van der Waals surface area contributed by atoms with E-state index in [1.165, 1.54) is 17.5 Å². The van der Waals surface area contributed by atoms with Crippen molar-refractivity contribution in [3.05, 3.63) is 33.8 Å². The monoisotopic (exact) mass is 284 g/mol. The average molecular weight is 285 g/mol. The van der Waals surface area contributed by atoms with Crippen LogP contribution in [0.5, 0.6) is 0 Å². The van der Waals surface area contributed by atoms with Gasteiger partial charge in [-0.15, -0.1) is 0 Å². The first-order valence-electron chi connectivity index (χ1n) is 5.77. The van der Waals surface area contributed by atoms with Gasteiger partial charge in [0.25, 0.3) is 0 Å². The van der Waals surface area contributed by atoms with Crippen molar-refractivity contribution < 1.29 is 0 Å². The summed E-state index contributed by atoms with van der Waals surface area (Å²) in [5, 5.41) is 0. The van der Waals surface area contributed by atoms with Gasteiger partial charge in [-0.05, 0) is 42.9 Å². The molecule has 0 radical (unpaired) electrons. The highest BCUT2D eigenvalue weighted by molar-refractivity contribution is 9.10. The maximum absolute atomic E-state index is 5.64. The molecule has 0 aliphatic rings. The molecule has 1 aromatic rings. The van der Waals surface area contributed by atoms with Crippen molar-refractivity contribution >= 4 is 15.9 Å². The number of nitrogens with one attached hydrogen (secondary N) is 1. The van der Waals surface area contributed by atoms with Gasteiger partial charge in [-0.1, -0.05) is 41.9 Å². The van der Waals surface area contributed by atoms with Gasteiger partial charge >= 0.3 is 0 Å². The first-order valence-corrected chi connectivity index (χ1v) is 6.56. The highest BCUT2D eigenvalue weighted by atomic mass is 79.9. The van der Waals surface area contributed by atoms with Crippen LogP contribution in [0.25, 0.3) is 0 Å². The van der Waals surface area contributed by atoms with Crippen LogP contribution in [0.2, 0.25) is 0 Å². The highest BCUT2D eigenvalue weighted by Gasteiger charge is 2.13. The zero-order valence-corrected chi connectivity index (χ0v) is 11.8. The molecule has 0 aromatic heterocycles.